The highest BCUT2D eigenvalue weighted by molar-refractivity contribution is 14.0. The summed E-state index contributed by atoms with van der Waals surface area (Å²) < 4.78 is 2.28. The van der Waals surface area contributed by atoms with Crippen LogP contribution in [-0.2, 0) is 19.5 Å². The first-order valence-corrected chi connectivity index (χ1v) is 10.5. The summed E-state index contributed by atoms with van der Waals surface area (Å²) in [4.78, 5) is 7.36. The molecule has 1 fully saturated rings. The zero-order valence-corrected chi connectivity index (χ0v) is 19.2. The van der Waals surface area contributed by atoms with E-state index < -0.39 is 0 Å². The van der Waals surface area contributed by atoms with Crippen molar-refractivity contribution in [3.05, 3.63) is 11.6 Å². The predicted octanol–water partition coefficient (Wildman–Crippen LogP) is 2.55. The highest BCUT2D eigenvalue weighted by Crippen LogP contribution is 2.15. The number of nitrogens with zero attached hydrogens (tertiary/aromatic N) is 5. The molecule has 2 aliphatic rings. The number of likely N-dealkylation sites (tertiary alicyclic amines) is 1. The van der Waals surface area contributed by atoms with Crippen LogP contribution in [0, 0.1) is 0 Å². The molecule has 7 nitrogen and oxygen atoms in total. The van der Waals surface area contributed by atoms with Crippen LogP contribution in [0.1, 0.15) is 64.0 Å². The number of aryl methyl sites for hydroxylation is 1. The standard InChI is InChI=1S/C19H35N7.HI/c1-3-11-25-13-9-16(10-14-25)22-19(20-4-2)21-15-18-24-23-17-8-6-5-7-12-26(17)18;/h16H,3-15H2,1-2H3,(H2,20,21,22);1H. The molecule has 1 aromatic rings. The second-order valence-electron chi connectivity index (χ2n) is 7.45. The number of guanidine groups is 1. The molecule has 2 N–H and O–H groups in total. The molecule has 0 saturated carbocycles. The Labute approximate surface area is 180 Å². The number of hydrogen-bond donors (Lipinski definition) is 2. The summed E-state index contributed by atoms with van der Waals surface area (Å²) in [7, 11) is 0. The number of aliphatic imine (C=N–C) groups is 1. The molecule has 0 bridgehead atoms. The van der Waals surface area contributed by atoms with Crippen LogP contribution in [0.3, 0.4) is 0 Å². The van der Waals surface area contributed by atoms with Crippen LogP contribution >= 0.6 is 24.0 Å². The van der Waals surface area contributed by atoms with Crippen LogP contribution in [0.25, 0.3) is 0 Å². The Bertz CT molecular complexity index is 579. The number of piperidine rings is 1. The van der Waals surface area contributed by atoms with E-state index in [0.29, 0.717) is 12.6 Å². The lowest BCUT2D eigenvalue weighted by Crippen LogP contribution is -2.48. The Balaban J connectivity index is 0.00000261. The van der Waals surface area contributed by atoms with Gasteiger partial charge in [0.2, 0.25) is 0 Å². The van der Waals surface area contributed by atoms with Gasteiger partial charge >= 0.3 is 0 Å². The van der Waals surface area contributed by atoms with E-state index in [1.807, 2.05) is 0 Å². The molecule has 0 radical (unpaired) electrons. The van der Waals surface area contributed by atoms with Crippen molar-refractivity contribution in [2.45, 2.75) is 77.9 Å². The number of hydrogen-bond acceptors (Lipinski definition) is 4. The maximum absolute atomic E-state index is 4.80. The lowest BCUT2D eigenvalue weighted by molar-refractivity contribution is 0.206. The van der Waals surface area contributed by atoms with Crippen molar-refractivity contribution >= 4 is 29.9 Å². The predicted molar refractivity (Wildman–Crippen MR) is 121 cm³/mol. The Hall–Kier alpha value is -0.900. The first-order valence-electron chi connectivity index (χ1n) is 10.5. The van der Waals surface area contributed by atoms with Gasteiger partial charge in [-0.3, -0.25) is 0 Å². The van der Waals surface area contributed by atoms with Gasteiger partial charge in [0.25, 0.3) is 0 Å². The van der Waals surface area contributed by atoms with E-state index in [-0.39, 0.29) is 24.0 Å². The van der Waals surface area contributed by atoms with E-state index >= 15 is 0 Å². The lowest BCUT2D eigenvalue weighted by atomic mass is 10.1. The zero-order chi connectivity index (χ0) is 18.2. The number of nitrogens with one attached hydrogen (secondary N) is 2. The number of halogens is 1. The Morgan fingerprint density at radius 2 is 1.93 bits per heavy atom. The van der Waals surface area contributed by atoms with Crippen molar-refractivity contribution in [3.63, 3.8) is 0 Å². The lowest BCUT2D eigenvalue weighted by Gasteiger charge is -2.32. The van der Waals surface area contributed by atoms with Gasteiger partial charge in [-0.15, -0.1) is 34.2 Å². The highest BCUT2D eigenvalue weighted by Gasteiger charge is 2.19. The molecule has 0 aromatic carbocycles. The first kappa shape index (κ1) is 22.4. The summed E-state index contributed by atoms with van der Waals surface area (Å²) in [5, 5.41) is 15.8. The Morgan fingerprint density at radius 3 is 2.67 bits per heavy atom. The van der Waals surface area contributed by atoms with Gasteiger partial charge in [-0.1, -0.05) is 13.3 Å². The van der Waals surface area contributed by atoms with Gasteiger partial charge in [-0.05, 0) is 45.6 Å². The van der Waals surface area contributed by atoms with Crippen molar-refractivity contribution in [2.75, 3.05) is 26.2 Å². The summed E-state index contributed by atoms with van der Waals surface area (Å²) in [5.41, 5.74) is 0. The normalized spacial score (nSPS) is 19.1. The van der Waals surface area contributed by atoms with Crippen molar-refractivity contribution in [1.29, 1.82) is 0 Å². The third-order valence-electron chi connectivity index (χ3n) is 5.38. The summed E-state index contributed by atoms with van der Waals surface area (Å²) in [6, 6.07) is 0.511. The summed E-state index contributed by atoms with van der Waals surface area (Å²) >= 11 is 0. The summed E-state index contributed by atoms with van der Waals surface area (Å²) in [6.07, 6.45) is 8.39. The van der Waals surface area contributed by atoms with Gasteiger partial charge in [0, 0.05) is 38.6 Å². The second-order valence-corrected chi connectivity index (χ2v) is 7.45. The molecular weight excluding hydrogens is 453 g/mol. The van der Waals surface area contributed by atoms with Crippen molar-refractivity contribution in [1.82, 2.24) is 30.3 Å². The molecule has 1 aromatic heterocycles. The van der Waals surface area contributed by atoms with Crippen LogP contribution in [0.5, 0.6) is 0 Å². The second kappa shape index (κ2) is 11.8. The van der Waals surface area contributed by atoms with E-state index in [1.54, 1.807) is 0 Å². The number of aromatic nitrogens is 3. The molecule has 2 aliphatic heterocycles. The molecule has 0 atom stereocenters. The minimum Gasteiger partial charge on any atom is -0.357 e. The van der Waals surface area contributed by atoms with Crippen LogP contribution in [0.4, 0.5) is 0 Å². The Kier molecular flexibility index (Phi) is 9.81. The first-order chi connectivity index (χ1) is 12.8. The van der Waals surface area contributed by atoms with Crippen molar-refractivity contribution in [3.8, 4) is 0 Å². The molecule has 3 rings (SSSR count). The average Bonchev–Trinajstić information content (AvgIpc) is 2.88. The van der Waals surface area contributed by atoms with Crippen LogP contribution in [-0.4, -0.2) is 57.8 Å². The number of fused-ring (bicyclic) bond motifs is 1. The maximum Gasteiger partial charge on any atom is 0.191 e. The van der Waals surface area contributed by atoms with Crippen LogP contribution in [0.15, 0.2) is 4.99 Å². The highest BCUT2D eigenvalue weighted by atomic mass is 127. The van der Waals surface area contributed by atoms with Crippen molar-refractivity contribution < 1.29 is 0 Å². The third kappa shape index (κ3) is 6.58. The molecular formula is C19H36IN7. The monoisotopic (exact) mass is 489 g/mol. The fourth-order valence-corrected chi connectivity index (χ4v) is 3.94. The summed E-state index contributed by atoms with van der Waals surface area (Å²) in [6.45, 7) is 10.5. The smallest absolute Gasteiger partial charge is 0.191 e. The topological polar surface area (TPSA) is 70.4 Å². The van der Waals surface area contributed by atoms with Gasteiger partial charge in [0.15, 0.2) is 11.8 Å². The minimum atomic E-state index is 0. The Morgan fingerprint density at radius 1 is 1.11 bits per heavy atom. The third-order valence-corrected chi connectivity index (χ3v) is 5.38. The molecule has 27 heavy (non-hydrogen) atoms. The van der Waals surface area contributed by atoms with Gasteiger partial charge in [-0.2, -0.15) is 0 Å². The molecule has 0 amide bonds. The molecule has 0 spiro atoms. The molecule has 0 aliphatic carbocycles. The SMILES string of the molecule is CCCN1CCC(NC(=NCc2nnc3n2CCCCC3)NCC)CC1.I. The molecule has 8 heteroatoms. The minimum absolute atomic E-state index is 0. The summed E-state index contributed by atoms with van der Waals surface area (Å²) in [5.74, 6) is 3.04. The largest absolute Gasteiger partial charge is 0.357 e. The van der Waals surface area contributed by atoms with E-state index in [4.69, 9.17) is 4.99 Å². The van der Waals surface area contributed by atoms with Gasteiger partial charge in [-0.25, -0.2) is 4.99 Å². The van der Waals surface area contributed by atoms with E-state index in [0.717, 1.165) is 37.1 Å². The molecule has 154 valence electrons. The molecule has 0 unspecified atom stereocenters. The quantitative estimate of drug-likeness (QED) is 0.365. The number of rotatable bonds is 6. The van der Waals surface area contributed by atoms with Gasteiger partial charge in [0.1, 0.15) is 12.4 Å². The molecule has 3 heterocycles. The van der Waals surface area contributed by atoms with Gasteiger partial charge in [0.05, 0.1) is 0 Å². The van der Waals surface area contributed by atoms with Crippen LogP contribution < -0.4 is 10.6 Å². The van der Waals surface area contributed by atoms with E-state index in [1.165, 1.54) is 58.2 Å². The maximum atomic E-state index is 4.80. The molecule has 1 saturated heterocycles. The fraction of sp³-hybridized carbons (Fsp3) is 0.842. The van der Waals surface area contributed by atoms with Crippen molar-refractivity contribution in [2.24, 2.45) is 4.99 Å². The van der Waals surface area contributed by atoms with Crippen LogP contribution in [0.2, 0.25) is 0 Å². The fourth-order valence-electron chi connectivity index (χ4n) is 3.94. The van der Waals surface area contributed by atoms with Gasteiger partial charge < -0.3 is 20.1 Å². The zero-order valence-electron chi connectivity index (χ0n) is 16.9. The van der Waals surface area contributed by atoms with E-state index in [9.17, 15) is 0 Å². The average molecular weight is 489 g/mol. The van der Waals surface area contributed by atoms with E-state index in [2.05, 4.69) is 44.1 Å².